The van der Waals surface area contributed by atoms with Gasteiger partial charge in [-0.25, -0.2) is 0 Å². The molecular formula is C19H17N3O4S3. The van der Waals surface area contributed by atoms with Gasteiger partial charge in [-0.15, -0.1) is 0 Å². The first-order valence-electron chi connectivity index (χ1n) is 8.93. The fourth-order valence-electron chi connectivity index (χ4n) is 4.64. The molecule has 4 saturated heterocycles. The largest absolute Gasteiger partial charge is 0.454 e. The maximum atomic E-state index is 13.9. The van der Waals surface area contributed by atoms with E-state index >= 15 is 0 Å². The van der Waals surface area contributed by atoms with Gasteiger partial charge >= 0.3 is 0 Å². The molecule has 1 aromatic carbocycles. The van der Waals surface area contributed by atoms with Crippen molar-refractivity contribution in [3.63, 3.8) is 0 Å². The minimum Gasteiger partial charge on any atom is -0.454 e. The van der Waals surface area contributed by atoms with E-state index in [1.807, 2.05) is 19.1 Å². The van der Waals surface area contributed by atoms with Crippen LogP contribution in [0.1, 0.15) is 24.9 Å². The number of carbonyl (C=O) groups excluding carboxylic acids is 2. The van der Waals surface area contributed by atoms with Gasteiger partial charge in [0, 0.05) is 13.5 Å². The number of carbonyl (C=O) groups is 2. The van der Waals surface area contributed by atoms with Crippen molar-refractivity contribution in [1.29, 1.82) is 5.26 Å². The van der Waals surface area contributed by atoms with E-state index in [1.54, 1.807) is 18.0 Å². The molecule has 2 amide bonds. The van der Waals surface area contributed by atoms with Gasteiger partial charge in [-0.05, 0) is 62.1 Å². The second kappa shape index (κ2) is 6.03. The van der Waals surface area contributed by atoms with Crippen molar-refractivity contribution < 1.29 is 19.1 Å². The molecule has 150 valence electrons. The van der Waals surface area contributed by atoms with Gasteiger partial charge in [-0.1, -0.05) is 12.6 Å². The van der Waals surface area contributed by atoms with Crippen LogP contribution in [0.3, 0.4) is 0 Å². The lowest BCUT2D eigenvalue weighted by atomic mass is 9.79. The molecule has 1 spiro atoms. The molecule has 2 bridgehead atoms. The smallest absolute Gasteiger partial charge is 0.266 e. The van der Waals surface area contributed by atoms with Crippen molar-refractivity contribution in [1.82, 2.24) is 9.80 Å². The summed E-state index contributed by atoms with van der Waals surface area (Å²) in [6.07, 6.45) is 1.77. The number of rotatable bonds is 2. The Morgan fingerprint density at radius 1 is 1.28 bits per heavy atom. The molecule has 5 aliphatic heterocycles. The lowest BCUT2D eigenvalue weighted by Gasteiger charge is -2.49. The van der Waals surface area contributed by atoms with Crippen LogP contribution >= 0.6 is 31.4 Å². The summed E-state index contributed by atoms with van der Waals surface area (Å²) < 4.78 is 10.9. The van der Waals surface area contributed by atoms with Crippen LogP contribution in [0.5, 0.6) is 11.5 Å². The van der Waals surface area contributed by atoms with Gasteiger partial charge in [0.2, 0.25) is 6.79 Å². The van der Waals surface area contributed by atoms with E-state index in [0.717, 1.165) is 5.56 Å². The van der Waals surface area contributed by atoms with Crippen LogP contribution in [-0.2, 0) is 9.59 Å². The summed E-state index contributed by atoms with van der Waals surface area (Å²) in [5, 5.41) is 10.1. The highest BCUT2D eigenvalue weighted by Crippen LogP contribution is 2.69. The van der Waals surface area contributed by atoms with Crippen molar-refractivity contribution in [3.05, 3.63) is 36.4 Å². The van der Waals surface area contributed by atoms with Crippen molar-refractivity contribution in [2.24, 2.45) is 5.41 Å². The average molecular weight is 448 g/mol. The molecule has 1 aromatic rings. The van der Waals surface area contributed by atoms with Crippen LogP contribution in [0.4, 0.5) is 0 Å². The minimum atomic E-state index is -1.20. The van der Waals surface area contributed by atoms with Gasteiger partial charge in [0.05, 0.1) is 17.5 Å². The van der Waals surface area contributed by atoms with Crippen molar-refractivity contribution in [2.75, 3.05) is 13.8 Å². The molecule has 6 rings (SSSR count). The molecule has 10 heteroatoms. The number of ether oxygens (including phenoxy) is 2. The van der Waals surface area contributed by atoms with E-state index in [2.05, 4.69) is 12.6 Å². The highest BCUT2D eigenvalue weighted by molar-refractivity contribution is 9.10. The van der Waals surface area contributed by atoms with Gasteiger partial charge in [0.15, 0.2) is 21.2 Å². The molecule has 29 heavy (non-hydrogen) atoms. The van der Waals surface area contributed by atoms with E-state index < -0.39 is 21.2 Å². The van der Waals surface area contributed by atoms with Crippen LogP contribution in [0.2, 0.25) is 0 Å². The Hall–Kier alpha value is -1.96. The quantitative estimate of drug-likeness (QED) is 0.504. The predicted molar refractivity (Wildman–Crippen MR) is 112 cm³/mol. The zero-order chi connectivity index (χ0) is 20.6. The molecule has 0 saturated carbocycles. The van der Waals surface area contributed by atoms with Gasteiger partial charge in [0.1, 0.15) is 0 Å². The number of hydrogen-bond donors (Lipinski definition) is 0. The summed E-state index contributed by atoms with van der Waals surface area (Å²) in [5.41, 5.74) is -0.200. The molecule has 4 fully saturated rings. The third kappa shape index (κ3) is 2.18. The van der Waals surface area contributed by atoms with Crippen molar-refractivity contribution >= 4 is 43.2 Å². The van der Waals surface area contributed by atoms with Crippen LogP contribution in [0, 0.1) is 16.7 Å². The third-order valence-electron chi connectivity index (χ3n) is 6.10. The molecule has 7 nitrogen and oxygen atoms in total. The second-order valence-corrected chi connectivity index (χ2v) is 12.1. The topological polar surface area (TPSA) is 82.9 Å². The summed E-state index contributed by atoms with van der Waals surface area (Å²) in [6, 6.07) is 7.25. The fourth-order valence-corrected chi connectivity index (χ4v) is 10.6. The molecule has 4 atom stereocenters. The molecule has 0 aliphatic carbocycles. The molecular weight excluding hydrogens is 430 g/mol. The van der Waals surface area contributed by atoms with Gasteiger partial charge in [-0.2, -0.15) is 5.26 Å². The lowest BCUT2D eigenvalue weighted by Crippen LogP contribution is -2.70. The molecule has 0 aromatic heterocycles. The van der Waals surface area contributed by atoms with E-state index in [4.69, 9.17) is 9.47 Å². The number of fused-ring (bicyclic) bond motifs is 4. The van der Waals surface area contributed by atoms with E-state index in [-0.39, 0.29) is 25.0 Å². The van der Waals surface area contributed by atoms with Crippen molar-refractivity contribution in [2.45, 2.75) is 29.1 Å². The number of benzene rings is 1. The first kappa shape index (κ1) is 19.0. The molecule has 0 radical (unpaired) electrons. The van der Waals surface area contributed by atoms with E-state index in [1.165, 1.54) is 42.4 Å². The number of likely N-dealkylation sites (N-methyl/N-ethyl adjacent to an activating group) is 1. The average Bonchev–Trinajstić information content (AvgIpc) is 3.24. The summed E-state index contributed by atoms with van der Waals surface area (Å²) in [7, 11) is 5.72. The Balaban J connectivity index is 1.74. The van der Waals surface area contributed by atoms with Crippen molar-refractivity contribution in [3.8, 4) is 17.6 Å². The van der Waals surface area contributed by atoms with Crippen LogP contribution in [0.15, 0.2) is 30.9 Å². The Morgan fingerprint density at radius 2 is 2.03 bits per heavy atom. The van der Waals surface area contributed by atoms with Gasteiger partial charge < -0.3 is 19.3 Å². The second-order valence-electron chi connectivity index (χ2n) is 7.68. The molecule has 0 unspecified atom stereocenters. The number of nitrogens with zero attached hydrogens (tertiary/aromatic N) is 3. The minimum absolute atomic E-state index is 0.136. The SMILES string of the molecule is C=C[C@]12SSS[C@@]3(C[C@](C)(C#N)[C@H](c4ccc5c(c4)OCO5)N3C1=O)C(=O)N2C. The number of amides is 2. The number of hydrogen-bond acceptors (Lipinski definition) is 8. The van der Waals surface area contributed by atoms with E-state index in [9.17, 15) is 14.9 Å². The van der Waals surface area contributed by atoms with Crippen LogP contribution in [0.25, 0.3) is 0 Å². The summed E-state index contributed by atoms with van der Waals surface area (Å²) in [6.45, 7) is 5.81. The molecule has 5 heterocycles. The first-order chi connectivity index (χ1) is 13.8. The zero-order valence-electron chi connectivity index (χ0n) is 15.7. The fraction of sp³-hybridized carbons (Fsp3) is 0.421. The monoisotopic (exact) mass is 447 g/mol. The Bertz CT molecular complexity index is 1010. The normalized spacial score (nSPS) is 37.3. The van der Waals surface area contributed by atoms with Gasteiger partial charge in [-0.3, -0.25) is 9.59 Å². The third-order valence-corrected chi connectivity index (χ3v) is 11.1. The first-order valence-corrected chi connectivity index (χ1v) is 12.4. The Morgan fingerprint density at radius 3 is 2.76 bits per heavy atom. The summed E-state index contributed by atoms with van der Waals surface area (Å²) >= 11 is 0. The summed E-state index contributed by atoms with van der Waals surface area (Å²) in [4.78, 5) is 28.2. The highest BCUT2D eigenvalue weighted by atomic mass is 33.5. The predicted octanol–water partition coefficient (Wildman–Crippen LogP) is 3.31. The highest BCUT2D eigenvalue weighted by Gasteiger charge is 2.73. The molecule has 5 aliphatic rings. The maximum Gasteiger partial charge on any atom is 0.266 e. The Labute approximate surface area is 179 Å². The Kier molecular flexibility index (Phi) is 3.96. The standard InChI is InChI=1S/C19H17N3O4S3/c1-4-18-16(24)22-14(11-5-6-12-13(7-11)26-10-25-12)17(2,9-20)8-19(22,28-29-27-18)15(23)21(18)3/h4-7,14H,1,8,10H2,2-3H3/t14-,17+,18-,19-/m0/s1. The summed E-state index contributed by atoms with van der Waals surface area (Å²) in [5.74, 6) is 0.806. The van der Waals surface area contributed by atoms with E-state index in [0.29, 0.717) is 11.5 Å². The van der Waals surface area contributed by atoms with Gasteiger partial charge in [0.25, 0.3) is 11.8 Å². The van der Waals surface area contributed by atoms with Crippen LogP contribution in [-0.4, -0.2) is 45.2 Å². The number of piperazine rings is 1. The van der Waals surface area contributed by atoms with Crippen LogP contribution < -0.4 is 9.47 Å². The number of nitriles is 1. The maximum absolute atomic E-state index is 13.9. The zero-order valence-corrected chi connectivity index (χ0v) is 18.2. The lowest BCUT2D eigenvalue weighted by molar-refractivity contribution is -0.161. The molecule has 0 N–H and O–H groups in total.